The number of rotatable bonds is 6. The molecule has 0 spiro atoms. The van der Waals surface area contributed by atoms with Crippen LogP contribution >= 0.6 is 0 Å². The molecule has 1 unspecified atom stereocenters. The van der Waals surface area contributed by atoms with Gasteiger partial charge in [-0.15, -0.1) is 0 Å². The van der Waals surface area contributed by atoms with E-state index in [9.17, 15) is 5.11 Å². The third-order valence-electron chi connectivity index (χ3n) is 3.93. The third kappa shape index (κ3) is 3.44. The topological polar surface area (TPSA) is 35.5 Å². The van der Waals surface area contributed by atoms with Gasteiger partial charge in [-0.2, -0.15) is 0 Å². The summed E-state index contributed by atoms with van der Waals surface area (Å²) in [6.45, 7) is 8.42. The minimum absolute atomic E-state index is 0.223. The maximum atomic E-state index is 9.72. The standard InChI is InChI=1S/C12H26N2O/c1-4-12(5-2)6-7-14(10-12)9-11(15)8-13-3/h11,13,15H,4-10H2,1-3H3. The normalized spacial score (nSPS) is 23.2. The molecule has 0 radical (unpaired) electrons. The van der Waals surface area contributed by atoms with Crippen LogP contribution in [-0.2, 0) is 0 Å². The van der Waals surface area contributed by atoms with Crippen molar-refractivity contribution in [3.8, 4) is 0 Å². The molecular weight excluding hydrogens is 188 g/mol. The van der Waals surface area contributed by atoms with Crippen molar-refractivity contribution in [2.75, 3.05) is 33.2 Å². The molecule has 1 saturated heterocycles. The highest BCUT2D eigenvalue weighted by atomic mass is 16.3. The predicted octanol–water partition coefficient (Wildman–Crippen LogP) is 1.08. The molecular formula is C12H26N2O. The number of hydrogen-bond donors (Lipinski definition) is 2. The zero-order chi connectivity index (χ0) is 11.3. The van der Waals surface area contributed by atoms with Crippen LogP contribution in [0.4, 0.5) is 0 Å². The summed E-state index contributed by atoms with van der Waals surface area (Å²) in [7, 11) is 1.88. The molecule has 3 heteroatoms. The average molecular weight is 214 g/mol. The molecule has 1 aliphatic rings. The Hall–Kier alpha value is -0.120. The molecule has 1 atom stereocenters. The highest BCUT2D eigenvalue weighted by Gasteiger charge is 2.35. The molecule has 1 aliphatic heterocycles. The maximum Gasteiger partial charge on any atom is 0.0791 e. The van der Waals surface area contributed by atoms with E-state index in [2.05, 4.69) is 24.1 Å². The Morgan fingerprint density at radius 3 is 2.53 bits per heavy atom. The fourth-order valence-electron chi connectivity index (χ4n) is 2.61. The summed E-state index contributed by atoms with van der Waals surface area (Å²) < 4.78 is 0. The Bertz CT molecular complexity index is 180. The smallest absolute Gasteiger partial charge is 0.0791 e. The van der Waals surface area contributed by atoms with Gasteiger partial charge in [-0.1, -0.05) is 13.8 Å². The number of nitrogens with one attached hydrogen (secondary N) is 1. The molecule has 2 N–H and O–H groups in total. The molecule has 0 amide bonds. The van der Waals surface area contributed by atoms with Crippen molar-refractivity contribution in [3.05, 3.63) is 0 Å². The zero-order valence-electron chi connectivity index (χ0n) is 10.4. The summed E-state index contributed by atoms with van der Waals surface area (Å²) in [4.78, 5) is 2.41. The first-order valence-electron chi connectivity index (χ1n) is 6.21. The molecule has 0 aliphatic carbocycles. The van der Waals surface area contributed by atoms with Gasteiger partial charge in [-0.25, -0.2) is 0 Å². The molecule has 0 aromatic rings. The van der Waals surface area contributed by atoms with Gasteiger partial charge in [0.25, 0.3) is 0 Å². The van der Waals surface area contributed by atoms with Crippen LogP contribution in [0.5, 0.6) is 0 Å². The lowest BCUT2D eigenvalue weighted by Gasteiger charge is -2.27. The highest BCUT2D eigenvalue weighted by molar-refractivity contribution is 4.88. The Kier molecular flexibility index (Phi) is 5.03. The number of β-amino-alcohol motifs (C(OH)–C–C–N with tert-alkyl or cyclic N) is 1. The molecule has 0 saturated carbocycles. The Balaban J connectivity index is 2.35. The van der Waals surface area contributed by atoms with Crippen LogP contribution in [0.3, 0.4) is 0 Å². The van der Waals surface area contributed by atoms with Crippen LogP contribution < -0.4 is 5.32 Å². The van der Waals surface area contributed by atoms with Crippen molar-refractivity contribution in [1.82, 2.24) is 10.2 Å². The molecule has 0 bridgehead atoms. The summed E-state index contributed by atoms with van der Waals surface area (Å²) in [5, 5.41) is 12.7. The van der Waals surface area contributed by atoms with E-state index >= 15 is 0 Å². The first-order valence-corrected chi connectivity index (χ1v) is 6.21. The molecule has 90 valence electrons. The Morgan fingerprint density at radius 1 is 1.40 bits per heavy atom. The predicted molar refractivity (Wildman–Crippen MR) is 64.0 cm³/mol. The second-order valence-corrected chi connectivity index (χ2v) is 4.90. The van der Waals surface area contributed by atoms with Gasteiger partial charge < -0.3 is 15.3 Å². The lowest BCUT2D eigenvalue weighted by Crippen LogP contribution is -2.37. The van der Waals surface area contributed by atoms with E-state index in [-0.39, 0.29) is 6.10 Å². The molecule has 1 rings (SSSR count). The zero-order valence-corrected chi connectivity index (χ0v) is 10.4. The summed E-state index contributed by atoms with van der Waals surface area (Å²) in [5.74, 6) is 0. The second-order valence-electron chi connectivity index (χ2n) is 4.90. The maximum absolute atomic E-state index is 9.72. The summed E-state index contributed by atoms with van der Waals surface area (Å²) in [6, 6.07) is 0. The van der Waals surface area contributed by atoms with Gasteiger partial charge in [0.2, 0.25) is 0 Å². The van der Waals surface area contributed by atoms with Crippen LogP contribution in [0.2, 0.25) is 0 Å². The first-order chi connectivity index (χ1) is 7.15. The number of aliphatic hydroxyl groups excluding tert-OH is 1. The highest BCUT2D eigenvalue weighted by Crippen LogP contribution is 2.36. The van der Waals surface area contributed by atoms with Crippen molar-refractivity contribution in [2.45, 2.75) is 39.2 Å². The molecule has 0 aromatic carbocycles. The summed E-state index contributed by atoms with van der Waals surface area (Å²) in [6.07, 6.45) is 3.61. The van der Waals surface area contributed by atoms with E-state index < -0.39 is 0 Å². The lowest BCUT2D eigenvalue weighted by atomic mass is 9.82. The molecule has 1 fully saturated rings. The number of aliphatic hydroxyl groups is 1. The second kappa shape index (κ2) is 5.83. The fraction of sp³-hybridized carbons (Fsp3) is 1.00. The van der Waals surface area contributed by atoms with Gasteiger partial charge >= 0.3 is 0 Å². The van der Waals surface area contributed by atoms with Crippen LogP contribution in [0.1, 0.15) is 33.1 Å². The van der Waals surface area contributed by atoms with E-state index in [0.29, 0.717) is 12.0 Å². The summed E-state index contributed by atoms with van der Waals surface area (Å²) in [5.41, 5.74) is 0.527. The Morgan fingerprint density at radius 2 is 2.07 bits per heavy atom. The summed E-state index contributed by atoms with van der Waals surface area (Å²) >= 11 is 0. The molecule has 15 heavy (non-hydrogen) atoms. The minimum Gasteiger partial charge on any atom is -0.390 e. The SMILES string of the molecule is CCC1(CC)CCN(CC(O)CNC)C1. The van der Waals surface area contributed by atoms with E-state index in [1.807, 2.05) is 7.05 Å². The number of nitrogens with zero attached hydrogens (tertiary/aromatic N) is 1. The van der Waals surface area contributed by atoms with Crippen LogP contribution in [0.25, 0.3) is 0 Å². The first kappa shape index (κ1) is 12.9. The Labute approximate surface area is 93.9 Å². The number of likely N-dealkylation sites (tertiary alicyclic amines) is 1. The third-order valence-corrected chi connectivity index (χ3v) is 3.93. The monoisotopic (exact) mass is 214 g/mol. The number of hydrogen-bond acceptors (Lipinski definition) is 3. The van der Waals surface area contributed by atoms with Gasteiger partial charge in [0.15, 0.2) is 0 Å². The van der Waals surface area contributed by atoms with Crippen LogP contribution in [-0.4, -0.2) is 49.3 Å². The van der Waals surface area contributed by atoms with E-state index in [4.69, 9.17) is 0 Å². The molecule has 3 nitrogen and oxygen atoms in total. The van der Waals surface area contributed by atoms with Crippen molar-refractivity contribution in [3.63, 3.8) is 0 Å². The molecule has 0 aromatic heterocycles. The quantitative estimate of drug-likeness (QED) is 0.694. The van der Waals surface area contributed by atoms with Crippen molar-refractivity contribution < 1.29 is 5.11 Å². The average Bonchev–Trinajstić information content (AvgIpc) is 2.63. The minimum atomic E-state index is -0.223. The van der Waals surface area contributed by atoms with Gasteiger partial charge in [0, 0.05) is 19.6 Å². The fourth-order valence-corrected chi connectivity index (χ4v) is 2.61. The van der Waals surface area contributed by atoms with Crippen LogP contribution in [0.15, 0.2) is 0 Å². The van der Waals surface area contributed by atoms with Crippen molar-refractivity contribution >= 4 is 0 Å². The van der Waals surface area contributed by atoms with Gasteiger partial charge in [-0.05, 0) is 38.3 Å². The van der Waals surface area contributed by atoms with Crippen molar-refractivity contribution in [2.24, 2.45) is 5.41 Å². The lowest BCUT2D eigenvalue weighted by molar-refractivity contribution is 0.116. The van der Waals surface area contributed by atoms with E-state index in [1.54, 1.807) is 0 Å². The van der Waals surface area contributed by atoms with Gasteiger partial charge in [0.05, 0.1) is 6.10 Å². The van der Waals surface area contributed by atoms with E-state index in [0.717, 1.165) is 13.1 Å². The van der Waals surface area contributed by atoms with Crippen LogP contribution in [0, 0.1) is 5.41 Å². The van der Waals surface area contributed by atoms with Crippen molar-refractivity contribution in [1.29, 1.82) is 0 Å². The van der Waals surface area contributed by atoms with E-state index in [1.165, 1.54) is 25.8 Å². The number of likely N-dealkylation sites (N-methyl/N-ethyl adjacent to an activating group) is 1. The van der Waals surface area contributed by atoms with Gasteiger partial charge in [-0.3, -0.25) is 0 Å². The largest absolute Gasteiger partial charge is 0.390 e. The van der Waals surface area contributed by atoms with Gasteiger partial charge in [0.1, 0.15) is 0 Å². The molecule has 1 heterocycles.